The van der Waals surface area contributed by atoms with Gasteiger partial charge in [0.15, 0.2) is 8.32 Å². The van der Waals surface area contributed by atoms with Crippen molar-refractivity contribution >= 4 is 14.3 Å². The number of hydrogen-bond acceptors (Lipinski definition) is 5. The van der Waals surface area contributed by atoms with Crippen LogP contribution in [0.15, 0.2) is 12.2 Å². The minimum Gasteiger partial charge on any atom is -0.460 e. The van der Waals surface area contributed by atoms with Gasteiger partial charge in [0.2, 0.25) is 0 Å². The first kappa shape index (κ1) is 21.3. The third-order valence-corrected chi connectivity index (χ3v) is 8.22. The Kier molecular flexibility index (Phi) is 9.83. The van der Waals surface area contributed by atoms with Crippen molar-refractivity contribution in [1.29, 1.82) is 0 Å². The van der Waals surface area contributed by atoms with Gasteiger partial charge in [-0.3, -0.25) is 0 Å². The van der Waals surface area contributed by atoms with Crippen LogP contribution < -0.4 is 0 Å². The molecule has 0 heterocycles. The monoisotopic (exact) mass is 332 g/mol. The Morgan fingerprint density at radius 3 is 1.86 bits per heavy atom. The largest absolute Gasteiger partial charge is 0.460 e. The molecule has 0 radical (unpaired) electrons. The Morgan fingerprint density at radius 2 is 1.41 bits per heavy atom. The lowest BCUT2D eigenvalue weighted by molar-refractivity contribution is -0.140. The lowest BCUT2D eigenvalue weighted by atomic mass is 10.2. The normalized spacial score (nSPS) is 12.3. The van der Waals surface area contributed by atoms with Crippen molar-refractivity contribution in [1.82, 2.24) is 0 Å². The van der Waals surface area contributed by atoms with E-state index in [1.54, 1.807) is 6.92 Å². The molecule has 0 atom stereocenters. The van der Waals surface area contributed by atoms with E-state index in [0.717, 1.165) is 0 Å². The molecule has 0 saturated carbocycles. The van der Waals surface area contributed by atoms with E-state index in [0.29, 0.717) is 38.6 Å². The zero-order valence-electron chi connectivity index (χ0n) is 15.0. The van der Waals surface area contributed by atoms with Gasteiger partial charge in [-0.2, -0.15) is 0 Å². The fourth-order valence-electron chi connectivity index (χ4n) is 1.21. The van der Waals surface area contributed by atoms with Crippen LogP contribution >= 0.6 is 0 Å². The van der Waals surface area contributed by atoms with Crippen LogP contribution in [0.25, 0.3) is 0 Å². The molecule has 0 aliphatic carbocycles. The average Bonchev–Trinajstić information content (AvgIpc) is 2.39. The maximum Gasteiger partial charge on any atom is 0.333 e. The Labute approximate surface area is 136 Å². The molecule has 0 unspecified atom stereocenters. The second-order valence-electron chi connectivity index (χ2n) is 6.75. The van der Waals surface area contributed by atoms with Gasteiger partial charge in [-0.1, -0.05) is 27.4 Å². The highest BCUT2D eigenvalue weighted by molar-refractivity contribution is 6.74. The molecule has 0 aliphatic rings. The number of carbonyl (C=O) groups is 1. The number of rotatable bonds is 11. The van der Waals surface area contributed by atoms with Crippen LogP contribution in [0.1, 0.15) is 27.7 Å². The first-order valence-electron chi connectivity index (χ1n) is 7.70. The summed E-state index contributed by atoms with van der Waals surface area (Å²) >= 11 is 0. The second-order valence-corrected chi connectivity index (χ2v) is 11.6. The SMILES string of the molecule is C=C(C)C(=O)OCCOCCOCCO[Si](C)(C)C(C)(C)C. The summed E-state index contributed by atoms with van der Waals surface area (Å²) in [6.07, 6.45) is 0. The van der Waals surface area contributed by atoms with Crippen LogP contribution in [0.4, 0.5) is 0 Å². The maximum absolute atomic E-state index is 11.1. The van der Waals surface area contributed by atoms with E-state index in [-0.39, 0.29) is 17.6 Å². The quantitative estimate of drug-likeness (QED) is 0.252. The van der Waals surface area contributed by atoms with Gasteiger partial charge in [-0.05, 0) is 25.1 Å². The predicted molar refractivity (Wildman–Crippen MR) is 90.6 cm³/mol. The molecule has 0 N–H and O–H groups in total. The number of esters is 1. The van der Waals surface area contributed by atoms with Gasteiger partial charge in [-0.15, -0.1) is 0 Å². The van der Waals surface area contributed by atoms with Crippen molar-refractivity contribution < 1.29 is 23.4 Å². The molecule has 0 aromatic carbocycles. The molecule has 5 nitrogen and oxygen atoms in total. The average molecular weight is 333 g/mol. The molecule has 6 heteroatoms. The van der Waals surface area contributed by atoms with E-state index in [9.17, 15) is 4.79 Å². The van der Waals surface area contributed by atoms with E-state index in [1.165, 1.54) is 0 Å². The van der Waals surface area contributed by atoms with E-state index in [4.69, 9.17) is 18.6 Å². The molecule has 0 amide bonds. The number of ether oxygens (including phenoxy) is 3. The first-order chi connectivity index (χ1) is 10.1. The Balaban J connectivity index is 3.45. The van der Waals surface area contributed by atoms with E-state index in [1.807, 2.05) is 0 Å². The molecular formula is C16H32O5Si. The molecule has 0 aromatic rings. The van der Waals surface area contributed by atoms with Crippen LogP contribution in [-0.2, 0) is 23.4 Å². The molecule has 0 aromatic heterocycles. The summed E-state index contributed by atoms with van der Waals surface area (Å²) in [6.45, 7) is 19.0. The van der Waals surface area contributed by atoms with Gasteiger partial charge in [0, 0.05) is 5.57 Å². The van der Waals surface area contributed by atoms with E-state index < -0.39 is 8.32 Å². The van der Waals surface area contributed by atoms with Gasteiger partial charge >= 0.3 is 5.97 Å². The summed E-state index contributed by atoms with van der Waals surface area (Å²) < 4.78 is 21.7. The fourth-order valence-corrected chi connectivity index (χ4v) is 2.24. The van der Waals surface area contributed by atoms with Crippen LogP contribution in [0.3, 0.4) is 0 Å². The minimum absolute atomic E-state index is 0.220. The minimum atomic E-state index is -1.68. The third kappa shape index (κ3) is 9.35. The van der Waals surface area contributed by atoms with Gasteiger partial charge in [0.05, 0.1) is 33.0 Å². The summed E-state index contributed by atoms with van der Waals surface area (Å²) in [6, 6.07) is 0. The molecule has 0 bridgehead atoms. The van der Waals surface area contributed by atoms with Crippen molar-refractivity contribution in [3.63, 3.8) is 0 Å². The van der Waals surface area contributed by atoms with Crippen LogP contribution in [0.5, 0.6) is 0 Å². The molecule has 0 spiro atoms. The second kappa shape index (κ2) is 10.2. The van der Waals surface area contributed by atoms with Crippen molar-refractivity contribution in [2.24, 2.45) is 0 Å². The Bertz CT molecular complexity index is 347. The number of hydrogen-bond donors (Lipinski definition) is 0. The molecule has 0 rings (SSSR count). The Hall–Kier alpha value is -0.693. The highest BCUT2D eigenvalue weighted by Crippen LogP contribution is 2.36. The van der Waals surface area contributed by atoms with Gasteiger partial charge in [0.25, 0.3) is 0 Å². The number of carbonyl (C=O) groups excluding carboxylic acids is 1. The molecule has 22 heavy (non-hydrogen) atoms. The van der Waals surface area contributed by atoms with Crippen molar-refractivity contribution in [2.75, 3.05) is 39.6 Å². The molecule has 0 fully saturated rings. The van der Waals surface area contributed by atoms with Gasteiger partial charge in [-0.25, -0.2) is 4.79 Å². The van der Waals surface area contributed by atoms with Crippen LogP contribution in [-0.4, -0.2) is 53.9 Å². The lowest BCUT2D eigenvalue weighted by Gasteiger charge is -2.36. The maximum atomic E-state index is 11.1. The first-order valence-corrected chi connectivity index (χ1v) is 10.6. The molecule has 0 aliphatic heterocycles. The standard InChI is InChI=1S/C16H32O5Si/c1-14(2)15(17)20-12-10-18-8-9-19-11-13-21-22(6,7)16(3,4)5/h1,8-13H2,2-7H3. The van der Waals surface area contributed by atoms with Crippen LogP contribution in [0.2, 0.25) is 18.1 Å². The summed E-state index contributed by atoms with van der Waals surface area (Å²) in [5.74, 6) is -0.386. The summed E-state index contributed by atoms with van der Waals surface area (Å²) in [5, 5.41) is 0.220. The predicted octanol–water partition coefficient (Wildman–Crippen LogP) is 3.16. The van der Waals surface area contributed by atoms with E-state index in [2.05, 4.69) is 40.4 Å². The van der Waals surface area contributed by atoms with Crippen molar-refractivity contribution in [3.8, 4) is 0 Å². The highest BCUT2D eigenvalue weighted by atomic mass is 28.4. The zero-order chi connectivity index (χ0) is 17.2. The van der Waals surface area contributed by atoms with Crippen LogP contribution in [0, 0.1) is 0 Å². The third-order valence-electron chi connectivity index (χ3n) is 3.68. The fraction of sp³-hybridized carbons (Fsp3) is 0.812. The summed E-state index contributed by atoms with van der Waals surface area (Å²) in [5.41, 5.74) is 0.394. The lowest BCUT2D eigenvalue weighted by Crippen LogP contribution is -2.41. The summed E-state index contributed by atoms with van der Waals surface area (Å²) in [4.78, 5) is 11.1. The van der Waals surface area contributed by atoms with Crippen molar-refractivity contribution in [3.05, 3.63) is 12.2 Å². The topological polar surface area (TPSA) is 54.0 Å². The van der Waals surface area contributed by atoms with Gasteiger partial charge in [0.1, 0.15) is 6.61 Å². The highest BCUT2D eigenvalue weighted by Gasteiger charge is 2.36. The Morgan fingerprint density at radius 1 is 0.955 bits per heavy atom. The zero-order valence-corrected chi connectivity index (χ0v) is 16.0. The molecule has 0 saturated heterocycles. The summed E-state index contributed by atoms with van der Waals surface area (Å²) in [7, 11) is -1.68. The smallest absolute Gasteiger partial charge is 0.333 e. The molecular weight excluding hydrogens is 300 g/mol. The van der Waals surface area contributed by atoms with E-state index >= 15 is 0 Å². The molecule has 130 valence electrons. The van der Waals surface area contributed by atoms with Gasteiger partial charge < -0.3 is 18.6 Å². The van der Waals surface area contributed by atoms with Crippen molar-refractivity contribution in [2.45, 2.75) is 45.8 Å².